The molecule has 5 nitrogen and oxygen atoms in total. The first-order valence-corrected chi connectivity index (χ1v) is 9.24. The molecule has 2 heterocycles. The Morgan fingerprint density at radius 2 is 1.81 bits per heavy atom. The molecule has 0 aliphatic carbocycles. The van der Waals surface area contributed by atoms with Crippen LogP contribution < -0.4 is 5.32 Å². The molecule has 2 fully saturated rings. The summed E-state index contributed by atoms with van der Waals surface area (Å²) in [5.41, 5.74) is -0.0603. The third kappa shape index (κ3) is 4.31. The average molecular weight is 365 g/mol. The molecule has 1 aromatic rings. The molecule has 26 heavy (non-hydrogen) atoms. The zero-order chi connectivity index (χ0) is 18.7. The van der Waals surface area contributed by atoms with Gasteiger partial charge in [0, 0.05) is 32.2 Å². The van der Waals surface area contributed by atoms with Crippen molar-refractivity contribution < 1.29 is 18.4 Å². The van der Waals surface area contributed by atoms with Crippen LogP contribution in [0.5, 0.6) is 0 Å². The lowest BCUT2D eigenvalue weighted by Gasteiger charge is -2.37. The maximum absolute atomic E-state index is 13.7. The third-order valence-electron chi connectivity index (χ3n) is 5.33. The lowest BCUT2D eigenvalue weighted by molar-refractivity contribution is -0.138. The fourth-order valence-corrected chi connectivity index (χ4v) is 3.64. The Morgan fingerprint density at radius 1 is 1.08 bits per heavy atom. The number of carbonyl (C=O) groups excluding carboxylic acids is 2. The number of hydrogen-bond donors (Lipinski definition) is 1. The van der Waals surface area contributed by atoms with Crippen molar-refractivity contribution >= 4 is 17.6 Å². The van der Waals surface area contributed by atoms with Crippen LogP contribution in [0.2, 0.25) is 0 Å². The predicted octanol–water partition coefficient (Wildman–Crippen LogP) is 3.47. The van der Waals surface area contributed by atoms with Gasteiger partial charge in [-0.15, -0.1) is 0 Å². The smallest absolute Gasteiger partial charge is 0.321 e. The molecular weight excluding hydrogens is 340 g/mol. The first kappa shape index (κ1) is 18.6. The molecule has 1 N–H and O–H groups in total. The lowest BCUT2D eigenvalue weighted by Crippen LogP contribution is -2.49. The summed E-state index contributed by atoms with van der Waals surface area (Å²) in [5.74, 6) is -0.952. The fourth-order valence-electron chi connectivity index (χ4n) is 3.64. The van der Waals surface area contributed by atoms with Crippen LogP contribution in [0.25, 0.3) is 0 Å². The molecule has 142 valence electrons. The summed E-state index contributed by atoms with van der Waals surface area (Å²) in [6.07, 6.45) is 3.54. The summed E-state index contributed by atoms with van der Waals surface area (Å²) >= 11 is 0. The van der Waals surface area contributed by atoms with E-state index in [0.717, 1.165) is 50.9 Å². The summed E-state index contributed by atoms with van der Waals surface area (Å²) in [6, 6.07) is 2.57. The summed E-state index contributed by atoms with van der Waals surface area (Å²) in [7, 11) is 0. The normalized spacial score (nSPS) is 21.6. The average Bonchev–Trinajstić information content (AvgIpc) is 2.64. The van der Waals surface area contributed by atoms with Gasteiger partial charge in [0.15, 0.2) is 0 Å². The van der Waals surface area contributed by atoms with Crippen LogP contribution in [0.4, 0.5) is 19.3 Å². The molecule has 1 atom stereocenters. The Bertz CT molecular complexity index is 675. The SMILES string of the molecule is CC1CCN(C(=O)C2CCCN(C(=O)Nc3ccc(F)cc3F)C2)CC1. The van der Waals surface area contributed by atoms with Gasteiger partial charge in [-0.05, 0) is 43.7 Å². The third-order valence-corrected chi connectivity index (χ3v) is 5.33. The molecule has 2 aliphatic rings. The monoisotopic (exact) mass is 365 g/mol. The molecule has 7 heteroatoms. The molecule has 2 saturated heterocycles. The highest BCUT2D eigenvalue weighted by Crippen LogP contribution is 2.24. The van der Waals surface area contributed by atoms with E-state index in [1.54, 1.807) is 4.90 Å². The second kappa shape index (κ2) is 8.01. The van der Waals surface area contributed by atoms with Crippen LogP contribution in [0, 0.1) is 23.5 Å². The van der Waals surface area contributed by atoms with Gasteiger partial charge in [-0.3, -0.25) is 4.79 Å². The van der Waals surface area contributed by atoms with E-state index in [4.69, 9.17) is 0 Å². The molecule has 0 saturated carbocycles. The highest BCUT2D eigenvalue weighted by molar-refractivity contribution is 5.90. The summed E-state index contributed by atoms with van der Waals surface area (Å²) < 4.78 is 26.7. The van der Waals surface area contributed by atoms with Crippen LogP contribution in [0.15, 0.2) is 18.2 Å². The zero-order valence-corrected chi connectivity index (χ0v) is 15.0. The highest BCUT2D eigenvalue weighted by Gasteiger charge is 2.32. The molecule has 1 unspecified atom stereocenters. The number of nitrogens with one attached hydrogen (secondary N) is 1. The first-order valence-electron chi connectivity index (χ1n) is 9.24. The minimum Gasteiger partial charge on any atom is -0.342 e. The van der Waals surface area contributed by atoms with Crippen LogP contribution in [0.1, 0.15) is 32.6 Å². The lowest BCUT2D eigenvalue weighted by atomic mass is 9.93. The van der Waals surface area contributed by atoms with E-state index >= 15 is 0 Å². The number of likely N-dealkylation sites (tertiary alicyclic amines) is 2. The molecule has 2 aliphatic heterocycles. The number of nitrogens with zero attached hydrogens (tertiary/aromatic N) is 2. The van der Waals surface area contributed by atoms with Gasteiger partial charge in [0.1, 0.15) is 11.6 Å². The van der Waals surface area contributed by atoms with Crippen LogP contribution in [0.3, 0.4) is 0 Å². The van der Waals surface area contributed by atoms with E-state index in [0.29, 0.717) is 19.0 Å². The van der Waals surface area contributed by atoms with E-state index in [2.05, 4.69) is 12.2 Å². The number of carbonyl (C=O) groups is 2. The van der Waals surface area contributed by atoms with E-state index in [1.807, 2.05) is 4.90 Å². The van der Waals surface area contributed by atoms with Crippen molar-refractivity contribution in [2.45, 2.75) is 32.6 Å². The minimum absolute atomic E-state index is 0.0603. The van der Waals surface area contributed by atoms with Gasteiger partial charge in [0.05, 0.1) is 11.6 Å². The van der Waals surface area contributed by atoms with E-state index < -0.39 is 17.7 Å². The highest BCUT2D eigenvalue weighted by atomic mass is 19.1. The molecule has 3 rings (SSSR count). The molecule has 0 spiro atoms. The van der Waals surface area contributed by atoms with Crippen LogP contribution >= 0.6 is 0 Å². The molecule has 0 bridgehead atoms. The van der Waals surface area contributed by atoms with E-state index in [1.165, 1.54) is 6.07 Å². The molecule has 1 aromatic carbocycles. The van der Waals surface area contributed by atoms with Gasteiger partial charge in [0.25, 0.3) is 0 Å². The van der Waals surface area contributed by atoms with Gasteiger partial charge >= 0.3 is 6.03 Å². The Morgan fingerprint density at radius 3 is 2.50 bits per heavy atom. The summed E-state index contributed by atoms with van der Waals surface area (Å²) in [6.45, 7) is 4.62. The van der Waals surface area contributed by atoms with Crippen molar-refractivity contribution in [3.8, 4) is 0 Å². The van der Waals surface area contributed by atoms with Gasteiger partial charge in [-0.2, -0.15) is 0 Å². The Labute approximate surface area is 152 Å². The number of anilines is 1. The largest absolute Gasteiger partial charge is 0.342 e. The molecular formula is C19H25F2N3O2. The molecule has 3 amide bonds. The molecule has 0 radical (unpaired) electrons. The Hall–Kier alpha value is -2.18. The quantitative estimate of drug-likeness (QED) is 0.873. The number of amides is 3. The number of urea groups is 1. The number of piperidine rings is 2. The van der Waals surface area contributed by atoms with Gasteiger partial charge in [-0.1, -0.05) is 6.92 Å². The maximum Gasteiger partial charge on any atom is 0.321 e. The fraction of sp³-hybridized carbons (Fsp3) is 0.579. The van der Waals surface area contributed by atoms with Crippen LogP contribution in [-0.4, -0.2) is 47.9 Å². The zero-order valence-electron chi connectivity index (χ0n) is 15.0. The molecule has 0 aromatic heterocycles. The minimum atomic E-state index is -0.814. The van der Waals surface area contributed by atoms with Gasteiger partial charge in [-0.25, -0.2) is 13.6 Å². The second-order valence-corrected chi connectivity index (χ2v) is 7.35. The maximum atomic E-state index is 13.7. The Balaban J connectivity index is 1.59. The van der Waals surface area contributed by atoms with Crippen molar-refractivity contribution in [3.63, 3.8) is 0 Å². The predicted molar refractivity (Wildman–Crippen MR) is 94.7 cm³/mol. The number of hydrogen-bond acceptors (Lipinski definition) is 2. The van der Waals surface area contributed by atoms with E-state index in [9.17, 15) is 18.4 Å². The Kier molecular flexibility index (Phi) is 5.74. The summed E-state index contributed by atoms with van der Waals surface area (Å²) in [5, 5.41) is 2.47. The van der Waals surface area contributed by atoms with Crippen molar-refractivity contribution in [1.82, 2.24) is 9.80 Å². The van der Waals surface area contributed by atoms with Crippen molar-refractivity contribution in [1.29, 1.82) is 0 Å². The number of halogens is 2. The van der Waals surface area contributed by atoms with Gasteiger partial charge in [0.2, 0.25) is 5.91 Å². The van der Waals surface area contributed by atoms with Gasteiger partial charge < -0.3 is 15.1 Å². The summed E-state index contributed by atoms with van der Waals surface area (Å²) in [4.78, 5) is 28.6. The second-order valence-electron chi connectivity index (χ2n) is 7.35. The van der Waals surface area contributed by atoms with Crippen molar-refractivity contribution in [3.05, 3.63) is 29.8 Å². The number of rotatable bonds is 2. The topological polar surface area (TPSA) is 52.7 Å². The van der Waals surface area contributed by atoms with E-state index in [-0.39, 0.29) is 17.5 Å². The van der Waals surface area contributed by atoms with Crippen molar-refractivity contribution in [2.75, 3.05) is 31.5 Å². The number of benzene rings is 1. The van der Waals surface area contributed by atoms with Crippen LogP contribution in [-0.2, 0) is 4.79 Å². The first-order chi connectivity index (χ1) is 12.4. The van der Waals surface area contributed by atoms with Crippen molar-refractivity contribution in [2.24, 2.45) is 11.8 Å². The standard InChI is InChI=1S/C19H25F2N3O2/c1-13-6-9-23(10-7-13)18(25)14-3-2-8-24(12-14)19(26)22-17-5-4-15(20)11-16(17)21/h4-5,11,13-14H,2-3,6-10,12H2,1H3,(H,22,26).